The molecule has 0 aliphatic carbocycles. The summed E-state index contributed by atoms with van der Waals surface area (Å²) in [5.41, 5.74) is 0.596. The van der Waals surface area contributed by atoms with E-state index >= 15 is 0 Å². The van der Waals surface area contributed by atoms with E-state index in [1.807, 2.05) is 0 Å². The van der Waals surface area contributed by atoms with E-state index in [0.717, 1.165) is 0 Å². The molecule has 6 heteroatoms. The van der Waals surface area contributed by atoms with E-state index in [9.17, 15) is 13.5 Å². The van der Waals surface area contributed by atoms with Gasteiger partial charge in [0, 0.05) is 19.6 Å². The second kappa shape index (κ2) is 4.54. The van der Waals surface area contributed by atoms with Gasteiger partial charge in [0.25, 0.3) is 0 Å². The Morgan fingerprint density at radius 3 is 2.65 bits per heavy atom. The largest absolute Gasteiger partial charge is 0.508 e. The van der Waals surface area contributed by atoms with Gasteiger partial charge in [-0.2, -0.15) is 0 Å². The van der Waals surface area contributed by atoms with E-state index in [2.05, 4.69) is 5.32 Å². The molecule has 17 heavy (non-hydrogen) atoms. The van der Waals surface area contributed by atoms with Crippen molar-refractivity contribution in [2.24, 2.45) is 0 Å². The van der Waals surface area contributed by atoms with Gasteiger partial charge in [-0.3, -0.25) is 4.31 Å². The Morgan fingerprint density at radius 1 is 1.35 bits per heavy atom. The number of hydrogen-bond donors (Lipinski definition) is 2. The molecule has 1 aliphatic rings. The van der Waals surface area contributed by atoms with Crippen LogP contribution in [-0.4, -0.2) is 38.4 Å². The smallest absolute Gasteiger partial charge is 0.239 e. The molecule has 1 aromatic carbocycles. The van der Waals surface area contributed by atoms with Crippen molar-refractivity contribution >= 4 is 15.7 Å². The predicted octanol–water partition coefficient (Wildman–Crippen LogP) is 0.520. The standard InChI is InChI=1S/C11H16N2O3S/c1-9-8-12-6-7-13(17(9,15)16)10-2-4-11(14)5-3-10/h2-5,9,12,14H,6-8H2,1H3. The van der Waals surface area contributed by atoms with Crippen molar-refractivity contribution in [2.75, 3.05) is 23.9 Å². The maximum absolute atomic E-state index is 12.2. The molecule has 0 saturated carbocycles. The number of phenolic OH excluding ortho intramolecular Hbond substituents is 1. The maximum atomic E-state index is 12.2. The average molecular weight is 256 g/mol. The van der Waals surface area contributed by atoms with E-state index in [-0.39, 0.29) is 5.75 Å². The van der Waals surface area contributed by atoms with Gasteiger partial charge in [-0.15, -0.1) is 0 Å². The van der Waals surface area contributed by atoms with Crippen molar-refractivity contribution in [1.29, 1.82) is 0 Å². The number of hydrogen-bond acceptors (Lipinski definition) is 4. The van der Waals surface area contributed by atoms with Crippen molar-refractivity contribution < 1.29 is 13.5 Å². The first-order valence-corrected chi connectivity index (χ1v) is 7.03. The number of benzene rings is 1. The lowest BCUT2D eigenvalue weighted by molar-refractivity contribution is 0.475. The van der Waals surface area contributed by atoms with Crippen LogP contribution in [0.2, 0.25) is 0 Å². The van der Waals surface area contributed by atoms with E-state index in [1.165, 1.54) is 16.4 Å². The molecule has 1 aromatic rings. The summed E-state index contributed by atoms with van der Waals surface area (Å²) in [7, 11) is -3.32. The molecule has 5 nitrogen and oxygen atoms in total. The quantitative estimate of drug-likeness (QED) is 0.768. The summed E-state index contributed by atoms with van der Waals surface area (Å²) < 4.78 is 25.9. The van der Waals surface area contributed by atoms with Gasteiger partial charge in [-0.25, -0.2) is 8.42 Å². The number of rotatable bonds is 1. The molecule has 94 valence electrons. The van der Waals surface area contributed by atoms with Crippen molar-refractivity contribution in [2.45, 2.75) is 12.2 Å². The molecule has 2 rings (SSSR count). The third-order valence-corrected chi connectivity index (χ3v) is 5.07. The Kier molecular flexibility index (Phi) is 3.26. The van der Waals surface area contributed by atoms with Crippen LogP contribution < -0.4 is 9.62 Å². The molecule has 1 heterocycles. The highest BCUT2D eigenvalue weighted by molar-refractivity contribution is 7.93. The van der Waals surface area contributed by atoms with Crippen LogP contribution in [0.5, 0.6) is 5.75 Å². The highest BCUT2D eigenvalue weighted by atomic mass is 32.2. The van der Waals surface area contributed by atoms with Crippen LogP contribution in [0.1, 0.15) is 6.92 Å². The van der Waals surface area contributed by atoms with E-state index in [4.69, 9.17) is 0 Å². The third kappa shape index (κ3) is 2.37. The Hall–Kier alpha value is -1.27. The normalized spacial score (nSPS) is 24.3. The number of sulfonamides is 1. The average Bonchev–Trinajstić information content (AvgIpc) is 2.41. The summed E-state index contributed by atoms with van der Waals surface area (Å²) in [6.45, 7) is 3.21. The molecule has 0 amide bonds. The Labute approximate surface area is 101 Å². The third-order valence-electron chi connectivity index (χ3n) is 2.88. The molecule has 2 N–H and O–H groups in total. The summed E-state index contributed by atoms with van der Waals surface area (Å²) in [5, 5.41) is 11.9. The molecule has 0 aromatic heterocycles. The van der Waals surface area contributed by atoms with Crippen molar-refractivity contribution in [3.63, 3.8) is 0 Å². The van der Waals surface area contributed by atoms with Gasteiger partial charge in [0.1, 0.15) is 5.75 Å². The molecule has 1 fully saturated rings. The second-order valence-corrected chi connectivity index (χ2v) is 6.42. The molecule has 1 aliphatic heterocycles. The second-order valence-electron chi connectivity index (χ2n) is 4.15. The van der Waals surface area contributed by atoms with Gasteiger partial charge in [0.15, 0.2) is 0 Å². The Morgan fingerprint density at radius 2 is 2.00 bits per heavy atom. The predicted molar refractivity (Wildman–Crippen MR) is 66.7 cm³/mol. The topological polar surface area (TPSA) is 69.6 Å². The molecule has 0 bridgehead atoms. The number of aromatic hydroxyl groups is 1. The number of anilines is 1. The first-order valence-electron chi connectivity index (χ1n) is 5.53. The van der Waals surface area contributed by atoms with Gasteiger partial charge in [0.05, 0.1) is 10.9 Å². The lowest BCUT2D eigenvalue weighted by Crippen LogP contribution is -2.37. The minimum absolute atomic E-state index is 0.132. The van der Waals surface area contributed by atoms with Crippen molar-refractivity contribution in [3.8, 4) is 5.75 Å². The molecule has 0 radical (unpaired) electrons. The van der Waals surface area contributed by atoms with Crippen LogP contribution in [0.3, 0.4) is 0 Å². The van der Waals surface area contributed by atoms with Crippen LogP contribution in [0, 0.1) is 0 Å². The summed E-state index contributed by atoms with van der Waals surface area (Å²) in [4.78, 5) is 0. The number of phenols is 1. The zero-order chi connectivity index (χ0) is 12.5. The first-order chi connectivity index (χ1) is 8.01. The Balaban J connectivity index is 2.38. The number of nitrogens with one attached hydrogen (secondary N) is 1. The molecule has 1 unspecified atom stereocenters. The van der Waals surface area contributed by atoms with Gasteiger partial charge in [0.2, 0.25) is 10.0 Å². The summed E-state index contributed by atoms with van der Waals surface area (Å²) in [6, 6.07) is 6.22. The fourth-order valence-electron chi connectivity index (χ4n) is 1.83. The monoisotopic (exact) mass is 256 g/mol. The van der Waals surface area contributed by atoms with Crippen LogP contribution in [0.15, 0.2) is 24.3 Å². The Bertz CT molecular complexity index is 484. The zero-order valence-corrected chi connectivity index (χ0v) is 10.4. The highest BCUT2D eigenvalue weighted by Crippen LogP contribution is 2.23. The SMILES string of the molecule is CC1CNCCN(c2ccc(O)cc2)S1(=O)=O. The van der Waals surface area contributed by atoms with Crippen LogP contribution in [0.25, 0.3) is 0 Å². The lowest BCUT2D eigenvalue weighted by Gasteiger charge is -2.24. The summed E-state index contributed by atoms with van der Waals surface area (Å²) >= 11 is 0. The zero-order valence-electron chi connectivity index (χ0n) is 9.63. The van der Waals surface area contributed by atoms with Crippen LogP contribution in [0.4, 0.5) is 5.69 Å². The van der Waals surface area contributed by atoms with Gasteiger partial charge >= 0.3 is 0 Å². The van der Waals surface area contributed by atoms with Gasteiger partial charge in [-0.1, -0.05) is 0 Å². The van der Waals surface area contributed by atoms with Crippen LogP contribution in [-0.2, 0) is 10.0 Å². The van der Waals surface area contributed by atoms with Gasteiger partial charge in [-0.05, 0) is 31.2 Å². The number of nitrogens with zero attached hydrogens (tertiary/aromatic N) is 1. The molecule has 1 saturated heterocycles. The van der Waals surface area contributed by atoms with E-state index < -0.39 is 15.3 Å². The lowest BCUT2D eigenvalue weighted by atomic mass is 10.3. The van der Waals surface area contributed by atoms with Gasteiger partial charge < -0.3 is 10.4 Å². The minimum Gasteiger partial charge on any atom is -0.508 e. The maximum Gasteiger partial charge on any atom is 0.239 e. The highest BCUT2D eigenvalue weighted by Gasteiger charge is 2.30. The van der Waals surface area contributed by atoms with Crippen LogP contribution >= 0.6 is 0 Å². The first kappa shape index (κ1) is 12.2. The molecular formula is C11H16N2O3S. The summed E-state index contributed by atoms with van der Waals surface area (Å²) in [6.07, 6.45) is 0. The van der Waals surface area contributed by atoms with E-state index in [1.54, 1.807) is 19.1 Å². The van der Waals surface area contributed by atoms with Crippen molar-refractivity contribution in [1.82, 2.24) is 5.32 Å². The summed E-state index contributed by atoms with van der Waals surface area (Å²) in [5.74, 6) is 0.132. The molecular weight excluding hydrogens is 240 g/mol. The molecule has 0 spiro atoms. The van der Waals surface area contributed by atoms with E-state index in [0.29, 0.717) is 25.3 Å². The fourth-order valence-corrected chi connectivity index (χ4v) is 3.35. The molecule has 1 atom stereocenters. The minimum atomic E-state index is -3.32. The fraction of sp³-hybridized carbons (Fsp3) is 0.455. The van der Waals surface area contributed by atoms with Crippen molar-refractivity contribution in [3.05, 3.63) is 24.3 Å².